The van der Waals surface area contributed by atoms with Crippen LogP contribution in [0.5, 0.6) is 5.75 Å². The maximum absolute atomic E-state index is 12.7. The fraction of sp³-hybridized carbons (Fsp3) is 0.684. The van der Waals surface area contributed by atoms with E-state index in [2.05, 4.69) is 11.9 Å². The van der Waals surface area contributed by atoms with E-state index in [0.717, 1.165) is 43.5 Å². The van der Waals surface area contributed by atoms with Gasteiger partial charge in [-0.05, 0) is 39.7 Å². The van der Waals surface area contributed by atoms with Gasteiger partial charge >= 0.3 is 6.09 Å². The van der Waals surface area contributed by atoms with Gasteiger partial charge in [-0.15, -0.1) is 0 Å². The predicted molar refractivity (Wildman–Crippen MR) is 94.4 cm³/mol. The molecule has 24 heavy (non-hydrogen) atoms. The van der Waals surface area contributed by atoms with Crippen molar-refractivity contribution >= 4 is 6.09 Å². The maximum Gasteiger partial charge on any atom is 0.410 e. The number of amides is 1. The molecule has 0 spiro atoms. The molecule has 5 nitrogen and oxygen atoms in total. The van der Waals surface area contributed by atoms with Crippen LogP contribution >= 0.6 is 0 Å². The number of hydrogen-bond acceptors (Lipinski definition) is 4. The Kier molecular flexibility index (Phi) is 6.08. The van der Waals surface area contributed by atoms with Gasteiger partial charge in [-0.25, -0.2) is 4.79 Å². The normalized spacial score (nSPS) is 20.2. The molecule has 134 valence electrons. The van der Waals surface area contributed by atoms with E-state index < -0.39 is 5.60 Å². The van der Waals surface area contributed by atoms with E-state index >= 15 is 0 Å². The highest BCUT2D eigenvalue weighted by Gasteiger charge is 2.34. The predicted octanol–water partition coefficient (Wildman–Crippen LogP) is 4.37. The number of pyridine rings is 1. The Morgan fingerprint density at radius 2 is 2.08 bits per heavy atom. The second-order valence-electron chi connectivity index (χ2n) is 7.50. The summed E-state index contributed by atoms with van der Waals surface area (Å²) < 4.78 is 11.1. The van der Waals surface area contributed by atoms with Crippen molar-refractivity contribution in [3.63, 3.8) is 0 Å². The van der Waals surface area contributed by atoms with Crippen LogP contribution in [-0.4, -0.2) is 41.3 Å². The van der Waals surface area contributed by atoms with Crippen LogP contribution in [0, 0.1) is 0 Å². The van der Waals surface area contributed by atoms with Gasteiger partial charge in [0.2, 0.25) is 0 Å². The lowest BCUT2D eigenvalue weighted by atomic mass is 9.90. The molecule has 1 amide bonds. The van der Waals surface area contributed by atoms with Crippen molar-refractivity contribution in [2.45, 2.75) is 70.9 Å². The van der Waals surface area contributed by atoms with Crippen LogP contribution in [0.2, 0.25) is 0 Å². The summed E-state index contributed by atoms with van der Waals surface area (Å²) in [4.78, 5) is 18.9. The summed E-state index contributed by atoms with van der Waals surface area (Å²) in [5, 5.41) is 0. The minimum Gasteiger partial charge on any atom is -0.496 e. The van der Waals surface area contributed by atoms with Crippen LogP contribution in [0.1, 0.15) is 64.9 Å². The third-order valence-corrected chi connectivity index (χ3v) is 4.52. The van der Waals surface area contributed by atoms with Crippen molar-refractivity contribution in [1.82, 2.24) is 9.88 Å². The van der Waals surface area contributed by atoms with Gasteiger partial charge in [0.15, 0.2) is 0 Å². The molecule has 1 aromatic heterocycles. The lowest BCUT2D eigenvalue weighted by Crippen LogP contribution is -2.45. The third-order valence-electron chi connectivity index (χ3n) is 4.52. The van der Waals surface area contributed by atoms with Crippen molar-refractivity contribution in [2.24, 2.45) is 0 Å². The average molecular weight is 334 g/mol. The van der Waals surface area contributed by atoms with Gasteiger partial charge in [0, 0.05) is 36.5 Å². The van der Waals surface area contributed by atoms with Crippen LogP contribution in [0.25, 0.3) is 0 Å². The summed E-state index contributed by atoms with van der Waals surface area (Å²) in [7, 11) is 1.67. The van der Waals surface area contributed by atoms with Gasteiger partial charge in [-0.3, -0.25) is 4.98 Å². The molecule has 2 heterocycles. The highest BCUT2D eigenvalue weighted by Crippen LogP contribution is 2.34. The number of rotatable bonds is 3. The van der Waals surface area contributed by atoms with Gasteiger partial charge in [-0.1, -0.05) is 19.8 Å². The molecule has 1 aliphatic heterocycles. The molecule has 0 aliphatic carbocycles. The Hall–Kier alpha value is -1.78. The molecule has 0 aromatic carbocycles. The fourth-order valence-electron chi connectivity index (χ4n) is 3.33. The topological polar surface area (TPSA) is 51.7 Å². The first kappa shape index (κ1) is 18.6. The fourth-order valence-corrected chi connectivity index (χ4v) is 3.33. The summed E-state index contributed by atoms with van der Waals surface area (Å²) in [6.45, 7) is 8.61. The summed E-state index contributed by atoms with van der Waals surface area (Å²) in [5.74, 6) is 0.963. The number of aromatic nitrogens is 1. The van der Waals surface area contributed by atoms with Crippen LogP contribution < -0.4 is 4.74 Å². The molecule has 1 saturated heterocycles. The molecular formula is C19H30N2O3. The third kappa shape index (κ3) is 4.62. The van der Waals surface area contributed by atoms with E-state index in [1.165, 1.54) is 0 Å². The molecular weight excluding hydrogens is 304 g/mol. The van der Waals surface area contributed by atoms with Crippen molar-refractivity contribution in [3.05, 3.63) is 24.0 Å². The Morgan fingerprint density at radius 1 is 1.33 bits per heavy atom. The molecule has 1 aliphatic rings. The van der Waals surface area contributed by atoms with E-state index in [4.69, 9.17) is 9.47 Å². The Labute approximate surface area is 145 Å². The molecule has 1 aromatic rings. The number of ether oxygens (including phenoxy) is 2. The molecule has 2 atom stereocenters. The first-order chi connectivity index (χ1) is 11.3. The minimum absolute atomic E-state index is 0.0976. The smallest absolute Gasteiger partial charge is 0.410 e. The van der Waals surface area contributed by atoms with Gasteiger partial charge < -0.3 is 14.4 Å². The van der Waals surface area contributed by atoms with Gasteiger partial charge in [-0.2, -0.15) is 0 Å². The number of nitrogens with zero attached hydrogens (tertiary/aromatic N) is 2. The number of carbonyl (C=O) groups excluding carboxylic acids is 1. The number of hydrogen-bond donors (Lipinski definition) is 0. The zero-order chi connectivity index (χ0) is 17.7. The van der Waals surface area contributed by atoms with Crippen LogP contribution in [-0.2, 0) is 4.74 Å². The summed E-state index contributed by atoms with van der Waals surface area (Å²) >= 11 is 0. The zero-order valence-corrected chi connectivity index (χ0v) is 15.5. The van der Waals surface area contributed by atoms with Crippen LogP contribution in [0.4, 0.5) is 4.79 Å². The molecule has 1 fully saturated rings. The van der Waals surface area contributed by atoms with Gasteiger partial charge in [0.1, 0.15) is 11.4 Å². The van der Waals surface area contributed by atoms with Crippen molar-refractivity contribution in [3.8, 4) is 5.75 Å². The number of methoxy groups -OCH3 is 1. The van der Waals surface area contributed by atoms with Gasteiger partial charge in [0.25, 0.3) is 0 Å². The summed E-state index contributed by atoms with van der Waals surface area (Å²) in [6, 6.07) is 1.97. The molecule has 2 rings (SSSR count). The average Bonchev–Trinajstić information content (AvgIpc) is 2.78. The van der Waals surface area contributed by atoms with Crippen molar-refractivity contribution in [2.75, 3.05) is 13.7 Å². The Balaban J connectivity index is 2.27. The molecule has 0 unspecified atom stereocenters. The largest absolute Gasteiger partial charge is 0.496 e. The number of likely N-dealkylation sites (tertiary alicyclic amines) is 1. The van der Waals surface area contributed by atoms with E-state index in [0.29, 0.717) is 0 Å². The zero-order valence-electron chi connectivity index (χ0n) is 15.5. The second-order valence-corrected chi connectivity index (χ2v) is 7.50. The highest BCUT2D eigenvalue weighted by atomic mass is 16.6. The first-order valence-corrected chi connectivity index (χ1v) is 8.81. The quantitative estimate of drug-likeness (QED) is 0.823. The summed E-state index contributed by atoms with van der Waals surface area (Å²) in [5.41, 5.74) is 0.559. The molecule has 0 N–H and O–H groups in total. The number of carbonyl (C=O) groups is 1. The maximum atomic E-state index is 12.7. The monoisotopic (exact) mass is 334 g/mol. The molecule has 0 bridgehead atoms. The minimum atomic E-state index is -0.483. The van der Waals surface area contributed by atoms with E-state index in [-0.39, 0.29) is 18.1 Å². The van der Waals surface area contributed by atoms with Crippen LogP contribution in [0.15, 0.2) is 18.5 Å². The lowest BCUT2D eigenvalue weighted by Gasteiger charge is -2.36. The standard InChI is InChI=1S/C19H30N2O3/c1-14(15-13-20-11-10-17(15)23-5)16-9-7-6-8-12-21(16)18(22)24-19(2,3)4/h10-11,13-14,16H,6-9,12H2,1-5H3/t14-,16+/m0/s1. The van der Waals surface area contributed by atoms with Crippen LogP contribution in [0.3, 0.4) is 0 Å². The summed E-state index contributed by atoms with van der Waals surface area (Å²) in [6.07, 6.45) is 7.62. The molecule has 0 saturated carbocycles. The highest BCUT2D eigenvalue weighted by molar-refractivity contribution is 5.69. The lowest BCUT2D eigenvalue weighted by molar-refractivity contribution is 0.0142. The van der Waals surface area contributed by atoms with Gasteiger partial charge in [0.05, 0.1) is 7.11 Å². The molecule has 5 heteroatoms. The first-order valence-electron chi connectivity index (χ1n) is 8.81. The SMILES string of the molecule is COc1ccncc1[C@H](C)[C@H]1CCCCCN1C(=O)OC(C)(C)C. The van der Waals surface area contributed by atoms with Crippen molar-refractivity contribution < 1.29 is 14.3 Å². The second kappa shape index (κ2) is 7.86. The Morgan fingerprint density at radius 3 is 2.75 bits per heavy atom. The van der Waals surface area contributed by atoms with Crippen molar-refractivity contribution in [1.29, 1.82) is 0 Å². The molecule has 0 radical (unpaired) electrons. The van der Waals surface area contributed by atoms with E-state index in [1.54, 1.807) is 13.3 Å². The van der Waals surface area contributed by atoms with E-state index in [9.17, 15) is 4.79 Å². The Bertz CT molecular complexity index is 554. The van der Waals surface area contributed by atoms with E-state index in [1.807, 2.05) is 37.9 Å².